The Labute approximate surface area is 199 Å². The van der Waals surface area contributed by atoms with Gasteiger partial charge in [0.15, 0.2) is 0 Å². The highest BCUT2D eigenvalue weighted by atomic mass is 35.5. The number of benzene rings is 2. The smallest absolute Gasteiger partial charge is 0.412 e. The lowest BCUT2D eigenvalue weighted by Gasteiger charge is -2.20. The molecule has 33 heavy (non-hydrogen) atoms. The zero-order valence-corrected chi connectivity index (χ0v) is 20.5. The van der Waals surface area contributed by atoms with Crippen molar-refractivity contribution in [3.05, 3.63) is 58.1 Å². The minimum Gasteiger partial charge on any atom is -0.444 e. The maximum Gasteiger partial charge on any atom is 0.412 e. The number of rotatable bonds is 8. The van der Waals surface area contributed by atoms with Gasteiger partial charge in [0.25, 0.3) is 10.1 Å². The highest BCUT2D eigenvalue weighted by molar-refractivity contribution is 7.86. The minimum atomic E-state index is -4.00. The Hall–Kier alpha value is -2.64. The summed E-state index contributed by atoms with van der Waals surface area (Å²) in [6, 6.07) is 11.1. The number of aliphatic hydroxyl groups is 1. The summed E-state index contributed by atoms with van der Waals surface area (Å²) < 4.78 is 34.7. The van der Waals surface area contributed by atoms with Crippen LogP contribution in [0.2, 0.25) is 5.02 Å². The first-order valence-electron chi connectivity index (χ1n) is 10.2. The number of carbonyl (C=O) groups excluding carboxylic acids is 1. The van der Waals surface area contributed by atoms with E-state index in [1.54, 1.807) is 39.0 Å². The second-order valence-corrected chi connectivity index (χ2v) is 10.5. The van der Waals surface area contributed by atoms with Crippen LogP contribution in [-0.2, 0) is 25.5 Å². The van der Waals surface area contributed by atoms with Crippen LogP contribution < -0.4 is 5.32 Å². The van der Waals surface area contributed by atoms with Crippen LogP contribution in [0.25, 0.3) is 0 Å². The number of aryl methyl sites for hydroxylation is 2. The molecule has 0 heterocycles. The van der Waals surface area contributed by atoms with Crippen LogP contribution in [0.5, 0.6) is 0 Å². The SMILES string of the molecule is Cc1ccc(S(=O)(=O)OCC(O)CCc2cc(C#N)cc(NC(=O)OC(C)(C)C)c2Cl)cc1. The van der Waals surface area contributed by atoms with E-state index in [2.05, 4.69) is 5.32 Å². The van der Waals surface area contributed by atoms with Crippen LogP contribution in [0.15, 0.2) is 41.3 Å². The Bertz CT molecular complexity index is 1140. The Morgan fingerprint density at radius 2 is 1.88 bits per heavy atom. The van der Waals surface area contributed by atoms with Gasteiger partial charge in [-0.05, 0) is 70.4 Å². The van der Waals surface area contributed by atoms with Gasteiger partial charge in [0.1, 0.15) is 5.60 Å². The van der Waals surface area contributed by atoms with E-state index in [0.717, 1.165) is 5.56 Å². The highest BCUT2D eigenvalue weighted by Gasteiger charge is 2.20. The Kier molecular flexibility index (Phi) is 8.86. The van der Waals surface area contributed by atoms with E-state index < -0.39 is 34.5 Å². The van der Waals surface area contributed by atoms with E-state index in [1.165, 1.54) is 18.2 Å². The van der Waals surface area contributed by atoms with Crippen LogP contribution in [0.3, 0.4) is 0 Å². The molecule has 0 spiro atoms. The van der Waals surface area contributed by atoms with Gasteiger partial charge in [-0.3, -0.25) is 9.50 Å². The van der Waals surface area contributed by atoms with Crippen LogP contribution in [0, 0.1) is 18.3 Å². The van der Waals surface area contributed by atoms with E-state index in [9.17, 15) is 23.6 Å². The molecule has 0 fully saturated rings. The third-order valence-corrected chi connectivity index (χ3v) is 6.13. The van der Waals surface area contributed by atoms with Gasteiger partial charge in [-0.15, -0.1) is 0 Å². The van der Waals surface area contributed by atoms with Crippen molar-refractivity contribution < 1.29 is 27.2 Å². The molecule has 0 aromatic heterocycles. The number of halogens is 1. The molecule has 0 radical (unpaired) electrons. The fourth-order valence-electron chi connectivity index (χ4n) is 2.78. The summed E-state index contributed by atoms with van der Waals surface area (Å²) in [7, 11) is -4.00. The Balaban J connectivity index is 2.04. The zero-order valence-electron chi connectivity index (χ0n) is 18.9. The lowest BCUT2D eigenvalue weighted by molar-refractivity contribution is 0.0636. The third kappa shape index (κ3) is 8.33. The van der Waals surface area contributed by atoms with Gasteiger partial charge in [-0.2, -0.15) is 13.7 Å². The van der Waals surface area contributed by atoms with Crippen molar-refractivity contribution in [1.82, 2.24) is 0 Å². The number of nitrogens with one attached hydrogen (secondary N) is 1. The second kappa shape index (κ2) is 11.0. The number of hydrogen-bond donors (Lipinski definition) is 2. The lowest BCUT2D eigenvalue weighted by atomic mass is 10.0. The minimum absolute atomic E-state index is 0.00271. The van der Waals surface area contributed by atoms with E-state index >= 15 is 0 Å². The predicted octanol–water partition coefficient (Wildman–Crippen LogP) is 4.57. The molecule has 8 nitrogen and oxygen atoms in total. The monoisotopic (exact) mass is 494 g/mol. The van der Waals surface area contributed by atoms with Crippen LogP contribution in [0.1, 0.15) is 43.9 Å². The molecule has 1 amide bonds. The number of aliphatic hydroxyl groups excluding tert-OH is 1. The molecule has 0 saturated carbocycles. The molecule has 2 N–H and O–H groups in total. The van der Waals surface area contributed by atoms with E-state index in [1.807, 2.05) is 13.0 Å². The topological polar surface area (TPSA) is 126 Å². The molecule has 1 unspecified atom stereocenters. The van der Waals surface area contributed by atoms with E-state index in [0.29, 0.717) is 5.56 Å². The predicted molar refractivity (Wildman–Crippen MR) is 125 cm³/mol. The van der Waals surface area contributed by atoms with E-state index in [-0.39, 0.29) is 34.0 Å². The van der Waals surface area contributed by atoms with Gasteiger partial charge in [-0.1, -0.05) is 29.3 Å². The van der Waals surface area contributed by atoms with Crippen LogP contribution >= 0.6 is 11.6 Å². The molecule has 0 aliphatic carbocycles. The maximum atomic E-state index is 12.3. The molecular formula is C23H27ClN2O6S. The summed E-state index contributed by atoms with van der Waals surface area (Å²) in [5.74, 6) is 0. The van der Waals surface area contributed by atoms with Crippen molar-refractivity contribution in [2.45, 2.75) is 57.1 Å². The highest BCUT2D eigenvalue weighted by Crippen LogP contribution is 2.30. The van der Waals surface area contributed by atoms with Crippen molar-refractivity contribution >= 4 is 33.5 Å². The fraction of sp³-hybridized carbons (Fsp3) is 0.391. The Morgan fingerprint density at radius 1 is 1.24 bits per heavy atom. The molecule has 0 aliphatic heterocycles. The quantitative estimate of drug-likeness (QED) is 0.515. The largest absolute Gasteiger partial charge is 0.444 e. The van der Waals surface area contributed by atoms with Crippen LogP contribution in [-0.4, -0.2) is 37.9 Å². The maximum absolute atomic E-state index is 12.3. The molecular weight excluding hydrogens is 468 g/mol. The number of nitriles is 1. The summed E-state index contributed by atoms with van der Waals surface area (Å²) in [4.78, 5) is 12.1. The summed E-state index contributed by atoms with van der Waals surface area (Å²) in [6.07, 6.45) is -1.49. The zero-order chi connectivity index (χ0) is 24.8. The summed E-state index contributed by atoms with van der Waals surface area (Å²) in [5, 5.41) is 22.3. The van der Waals surface area contributed by atoms with Gasteiger partial charge in [0.05, 0.1) is 39.9 Å². The average molecular weight is 495 g/mol. The van der Waals surface area contributed by atoms with Gasteiger partial charge in [-0.25, -0.2) is 4.79 Å². The average Bonchev–Trinajstić information content (AvgIpc) is 2.71. The van der Waals surface area contributed by atoms with Crippen molar-refractivity contribution in [1.29, 1.82) is 5.26 Å². The number of ether oxygens (including phenoxy) is 1. The number of hydrogen-bond acceptors (Lipinski definition) is 7. The van der Waals surface area contributed by atoms with Crippen LogP contribution in [0.4, 0.5) is 10.5 Å². The molecule has 1 atom stereocenters. The third-order valence-electron chi connectivity index (χ3n) is 4.38. The first kappa shape index (κ1) is 26.6. The summed E-state index contributed by atoms with van der Waals surface area (Å²) in [6.45, 7) is 6.55. The standard InChI is InChI=1S/C23H27ClN2O6S/c1-15-5-9-19(10-6-15)33(29,30)31-14-18(27)8-7-17-11-16(13-25)12-20(21(17)24)26-22(28)32-23(2,3)4/h5-6,9-12,18,27H,7-8,14H2,1-4H3,(H,26,28). The first-order valence-corrected chi connectivity index (χ1v) is 12.0. The molecule has 178 valence electrons. The van der Waals surface area contributed by atoms with Gasteiger partial charge in [0, 0.05) is 0 Å². The van der Waals surface area contributed by atoms with Crippen molar-refractivity contribution in [3.63, 3.8) is 0 Å². The molecule has 2 aromatic carbocycles. The Morgan fingerprint density at radius 3 is 2.45 bits per heavy atom. The van der Waals surface area contributed by atoms with Crippen molar-refractivity contribution in [3.8, 4) is 6.07 Å². The van der Waals surface area contributed by atoms with Gasteiger partial charge >= 0.3 is 6.09 Å². The van der Waals surface area contributed by atoms with E-state index in [4.69, 9.17) is 20.5 Å². The normalized spacial score (nSPS) is 12.6. The molecule has 0 saturated heterocycles. The number of anilines is 1. The van der Waals surface area contributed by atoms with Crippen molar-refractivity contribution in [2.75, 3.05) is 11.9 Å². The molecule has 0 bridgehead atoms. The summed E-state index contributed by atoms with van der Waals surface area (Å²) in [5.41, 5.74) is 1.16. The second-order valence-electron chi connectivity index (χ2n) is 8.48. The number of carbonyl (C=O) groups is 1. The van der Waals surface area contributed by atoms with Gasteiger partial charge in [0.2, 0.25) is 0 Å². The number of amides is 1. The lowest BCUT2D eigenvalue weighted by Crippen LogP contribution is -2.27. The molecule has 10 heteroatoms. The molecule has 2 rings (SSSR count). The van der Waals surface area contributed by atoms with Gasteiger partial charge < -0.3 is 9.84 Å². The number of nitrogens with zero attached hydrogens (tertiary/aromatic N) is 1. The molecule has 2 aromatic rings. The van der Waals surface area contributed by atoms with Crippen molar-refractivity contribution in [2.24, 2.45) is 0 Å². The summed E-state index contributed by atoms with van der Waals surface area (Å²) >= 11 is 6.39. The fourth-order valence-corrected chi connectivity index (χ4v) is 3.97. The first-order chi connectivity index (χ1) is 15.3. The molecule has 0 aliphatic rings.